The van der Waals surface area contributed by atoms with Gasteiger partial charge in [-0.05, 0) is 12.8 Å². The first-order valence-corrected chi connectivity index (χ1v) is 4.24. The first-order valence-electron chi connectivity index (χ1n) is 4.24. The molecule has 2 aliphatic heterocycles. The van der Waals surface area contributed by atoms with Crippen LogP contribution in [0.3, 0.4) is 0 Å². The molecule has 2 fully saturated rings. The van der Waals surface area contributed by atoms with E-state index in [4.69, 9.17) is 15.2 Å². The monoisotopic (exact) mass is 157 g/mol. The van der Waals surface area contributed by atoms with Crippen molar-refractivity contribution in [3.8, 4) is 0 Å². The minimum Gasteiger partial charge on any atom is -0.381 e. The van der Waals surface area contributed by atoms with E-state index >= 15 is 0 Å². The van der Waals surface area contributed by atoms with Crippen molar-refractivity contribution in [2.45, 2.75) is 18.9 Å². The van der Waals surface area contributed by atoms with E-state index in [0.29, 0.717) is 12.0 Å². The number of nitrogens with two attached hydrogens (primary N) is 1. The SMILES string of the molecule is NC[C@@H]1C[C@]2(CCOC2)CO1. The number of hydrogen-bond acceptors (Lipinski definition) is 3. The smallest absolute Gasteiger partial charge is 0.0704 e. The van der Waals surface area contributed by atoms with Crippen LogP contribution in [0.4, 0.5) is 0 Å². The second-order valence-corrected chi connectivity index (χ2v) is 3.68. The first-order chi connectivity index (χ1) is 5.35. The van der Waals surface area contributed by atoms with Crippen molar-refractivity contribution in [2.75, 3.05) is 26.4 Å². The second-order valence-electron chi connectivity index (χ2n) is 3.68. The maximum Gasteiger partial charge on any atom is 0.0704 e. The van der Waals surface area contributed by atoms with Gasteiger partial charge in [0.2, 0.25) is 0 Å². The molecule has 0 unspecified atom stereocenters. The van der Waals surface area contributed by atoms with Gasteiger partial charge in [-0.1, -0.05) is 0 Å². The zero-order valence-electron chi connectivity index (χ0n) is 6.71. The lowest BCUT2D eigenvalue weighted by Gasteiger charge is -2.17. The van der Waals surface area contributed by atoms with Crippen molar-refractivity contribution in [2.24, 2.45) is 11.1 Å². The van der Waals surface area contributed by atoms with Gasteiger partial charge < -0.3 is 15.2 Å². The average Bonchev–Trinajstić information content (AvgIpc) is 2.62. The zero-order chi connectivity index (χ0) is 7.73. The highest BCUT2D eigenvalue weighted by Crippen LogP contribution is 2.39. The molecule has 2 atom stereocenters. The molecule has 0 amide bonds. The third-order valence-electron chi connectivity index (χ3n) is 2.73. The maximum atomic E-state index is 5.53. The molecule has 11 heavy (non-hydrogen) atoms. The first kappa shape index (κ1) is 7.53. The Bertz CT molecular complexity index is 143. The molecule has 2 heterocycles. The highest BCUT2D eigenvalue weighted by Gasteiger charge is 2.42. The lowest BCUT2D eigenvalue weighted by molar-refractivity contribution is 0.0920. The molecule has 3 heteroatoms. The minimum absolute atomic E-state index is 0.289. The van der Waals surface area contributed by atoms with Crippen molar-refractivity contribution >= 4 is 0 Å². The molecule has 0 saturated carbocycles. The van der Waals surface area contributed by atoms with Crippen LogP contribution in [0.2, 0.25) is 0 Å². The lowest BCUT2D eigenvalue weighted by Crippen LogP contribution is -2.23. The Balaban J connectivity index is 1.96. The molecule has 0 aromatic rings. The Hall–Kier alpha value is -0.120. The fraction of sp³-hybridized carbons (Fsp3) is 1.00. The zero-order valence-corrected chi connectivity index (χ0v) is 6.71. The minimum atomic E-state index is 0.289. The predicted octanol–water partition coefficient (Wildman–Crippen LogP) is 0.141. The third-order valence-corrected chi connectivity index (χ3v) is 2.73. The Morgan fingerprint density at radius 1 is 1.45 bits per heavy atom. The Morgan fingerprint density at radius 3 is 2.91 bits per heavy atom. The topological polar surface area (TPSA) is 44.5 Å². The highest BCUT2D eigenvalue weighted by molar-refractivity contribution is 4.90. The van der Waals surface area contributed by atoms with Gasteiger partial charge >= 0.3 is 0 Å². The van der Waals surface area contributed by atoms with Crippen molar-refractivity contribution in [3.05, 3.63) is 0 Å². The Kier molecular flexibility index (Phi) is 1.87. The molecule has 0 aromatic carbocycles. The molecule has 0 bridgehead atoms. The van der Waals surface area contributed by atoms with Gasteiger partial charge in [0.15, 0.2) is 0 Å². The second kappa shape index (κ2) is 2.73. The van der Waals surface area contributed by atoms with Crippen molar-refractivity contribution in [1.82, 2.24) is 0 Å². The van der Waals surface area contributed by atoms with Crippen LogP contribution in [0, 0.1) is 5.41 Å². The highest BCUT2D eigenvalue weighted by atomic mass is 16.5. The van der Waals surface area contributed by atoms with Crippen LogP contribution >= 0.6 is 0 Å². The molecular weight excluding hydrogens is 142 g/mol. The van der Waals surface area contributed by atoms with Gasteiger partial charge in [-0.15, -0.1) is 0 Å². The number of ether oxygens (including phenoxy) is 2. The van der Waals surface area contributed by atoms with Gasteiger partial charge in [0.25, 0.3) is 0 Å². The van der Waals surface area contributed by atoms with Crippen LogP contribution in [-0.2, 0) is 9.47 Å². The van der Waals surface area contributed by atoms with Crippen LogP contribution in [-0.4, -0.2) is 32.5 Å². The van der Waals surface area contributed by atoms with Gasteiger partial charge in [-0.3, -0.25) is 0 Å². The van der Waals surface area contributed by atoms with E-state index < -0.39 is 0 Å². The van der Waals surface area contributed by atoms with E-state index in [2.05, 4.69) is 0 Å². The number of rotatable bonds is 1. The Labute approximate surface area is 66.8 Å². The molecule has 3 nitrogen and oxygen atoms in total. The third kappa shape index (κ3) is 1.28. The van der Waals surface area contributed by atoms with E-state index in [0.717, 1.165) is 32.7 Å². The molecule has 1 spiro atoms. The van der Waals surface area contributed by atoms with E-state index in [9.17, 15) is 0 Å². The predicted molar refractivity (Wildman–Crippen MR) is 41.3 cm³/mol. The molecule has 64 valence electrons. The molecule has 0 aliphatic carbocycles. The quantitative estimate of drug-likeness (QED) is 0.589. The van der Waals surface area contributed by atoms with E-state index in [-0.39, 0.29) is 6.10 Å². The van der Waals surface area contributed by atoms with Crippen LogP contribution in [0.5, 0.6) is 0 Å². The fourth-order valence-electron chi connectivity index (χ4n) is 1.97. The van der Waals surface area contributed by atoms with Crippen LogP contribution < -0.4 is 5.73 Å². The average molecular weight is 157 g/mol. The maximum absolute atomic E-state index is 5.53. The molecule has 2 N–H and O–H groups in total. The van der Waals surface area contributed by atoms with Gasteiger partial charge in [0, 0.05) is 18.6 Å². The molecule has 0 aromatic heterocycles. The van der Waals surface area contributed by atoms with E-state index in [1.165, 1.54) is 0 Å². The van der Waals surface area contributed by atoms with Crippen molar-refractivity contribution in [3.63, 3.8) is 0 Å². The summed E-state index contributed by atoms with van der Waals surface area (Å²) in [6.07, 6.45) is 2.55. The van der Waals surface area contributed by atoms with Gasteiger partial charge in [0.05, 0.1) is 19.3 Å². The van der Waals surface area contributed by atoms with E-state index in [1.54, 1.807) is 0 Å². The Morgan fingerprint density at radius 2 is 2.36 bits per heavy atom. The van der Waals surface area contributed by atoms with E-state index in [1.807, 2.05) is 0 Å². The molecule has 2 aliphatic rings. The van der Waals surface area contributed by atoms with Crippen LogP contribution in [0.1, 0.15) is 12.8 Å². The van der Waals surface area contributed by atoms with Crippen molar-refractivity contribution < 1.29 is 9.47 Å². The molecule has 0 radical (unpaired) electrons. The summed E-state index contributed by atoms with van der Waals surface area (Å²) >= 11 is 0. The van der Waals surface area contributed by atoms with Crippen LogP contribution in [0.15, 0.2) is 0 Å². The van der Waals surface area contributed by atoms with Gasteiger partial charge in [-0.2, -0.15) is 0 Å². The molecule has 2 saturated heterocycles. The summed E-state index contributed by atoms with van der Waals surface area (Å²) in [6.45, 7) is 3.29. The summed E-state index contributed by atoms with van der Waals surface area (Å²) in [5.41, 5.74) is 5.86. The normalized spacial score (nSPS) is 43.9. The van der Waals surface area contributed by atoms with Gasteiger partial charge in [-0.25, -0.2) is 0 Å². The summed E-state index contributed by atoms with van der Waals surface area (Å²) in [4.78, 5) is 0. The van der Waals surface area contributed by atoms with Gasteiger partial charge in [0.1, 0.15) is 0 Å². The molecular formula is C8H15NO2. The summed E-state index contributed by atoms with van der Waals surface area (Å²) in [5.74, 6) is 0. The number of hydrogen-bond donors (Lipinski definition) is 1. The fourth-order valence-corrected chi connectivity index (χ4v) is 1.97. The lowest BCUT2D eigenvalue weighted by atomic mass is 9.85. The molecule has 2 rings (SSSR count). The summed E-state index contributed by atoms with van der Waals surface area (Å²) in [7, 11) is 0. The van der Waals surface area contributed by atoms with Crippen molar-refractivity contribution in [1.29, 1.82) is 0 Å². The summed E-state index contributed by atoms with van der Waals surface area (Å²) in [5, 5.41) is 0. The summed E-state index contributed by atoms with van der Waals surface area (Å²) in [6, 6.07) is 0. The van der Waals surface area contributed by atoms with Crippen LogP contribution in [0.25, 0.3) is 0 Å². The largest absolute Gasteiger partial charge is 0.381 e. The standard InChI is InChI=1S/C8H15NO2/c9-4-7-3-8(6-11-7)1-2-10-5-8/h7H,1-6,9H2/t7-,8-/m0/s1. The summed E-state index contributed by atoms with van der Waals surface area (Å²) < 4.78 is 10.9.